The van der Waals surface area contributed by atoms with Gasteiger partial charge in [0.25, 0.3) is 10.0 Å². The molecule has 1 aliphatic carbocycles. The maximum absolute atomic E-state index is 12.6. The van der Waals surface area contributed by atoms with Crippen molar-refractivity contribution in [1.82, 2.24) is 33.9 Å². The molecule has 0 bridgehead atoms. The average Bonchev–Trinajstić information content (AvgIpc) is 3.55. The molecular formula is C27H28FN9O3S. The van der Waals surface area contributed by atoms with Gasteiger partial charge in [0.1, 0.15) is 18.3 Å². The average molecular weight is 578 g/mol. The topological polar surface area (TPSA) is 144 Å². The molecule has 2 aliphatic rings. The van der Waals surface area contributed by atoms with Gasteiger partial charge in [-0.1, -0.05) is 11.8 Å². The lowest BCUT2D eigenvalue weighted by molar-refractivity contribution is 0.145. The molecule has 4 aromatic rings. The van der Waals surface area contributed by atoms with E-state index < -0.39 is 16.7 Å². The SMILES string of the molecule is O=S(=O)(C1CC1)n1cc(-c2nccc(Nc3cc(N4CCC(O)CC4)c(C#Cc4cnn(CCF)c4)cn3)n2)cn1. The van der Waals surface area contributed by atoms with Crippen LogP contribution in [0.1, 0.15) is 36.8 Å². The Hall–Kier alpha value is -4.35. The number of aryl methyl sites for hydroxylation is 1. The lowest BCUT2D eigenvalue weighted by atomic mass is 10.1. The third-order valence-electron chi connectivity index (χ3n) is 6.91. The monoisotopic (exact) mass is 577 g/mol. The van der Waals surface area contributed by atoms with Gasteiger partial charge in [-0.2, -0.15) is 14.3 Å². The smallest absolute Gasteiger partial charge is 0.256 e. The molecule has 0 radical (unpaired) electrons. The lowest BCUT2D eigenvalue weighted by Gasteiger charge is -2.32. The molecule has 2 fully saturated rings. The molecule has 0 atom stereocenters. The normalized spacial score (nSPS) is 15.9. The third-order valence-corrected chi connectivity index (χ3v) is 8.95. The highest BCUT2D eigenvalue weighted by molar-refractivity contribution is 7.90. The number of alkyl halides is 1. The van der Waals surface area contributed by atoms with Gasteiger partial charge in [-0.3, -0.25) is 4.68 Å². The highest BCUT2D eigenvalue weighted by atomic mass is 32.2. The Morgan fingerprint density at radius 2 is 1.85 bits per heavy atom. The molecule has 0 amide bonds. The molecule has 0 unspecified atom stereocenters. The molecule has 14 heteroatoms. The number of aliphatic hydroxyl groups is 1. The van der Waals surface area contributed by atoms with E-state index in [-0.39, 0.29) is 17.9 Å². The summed E-state index contributed by atoms with van der Waals surface area (Å²) < 4.78 is 40.1. The predicted molar refractivity (Wildman–Crippen MR) is 150 cm³/mol. The molecule has 6 rings (SSSR count). The number of nitrogens with zero attached hydrogens (tertiary/aromatic N) is 8. The van der Waals surface area contributed by atoms with Crippen LogP contribution in [0, 0.1) is 11.8 Å². The number of anilines is 3. The molecule has 41 heavy (non-hydrogen) atoms. The van der Waals surface area contributed by atoms with Crippen LogP contribution < -0.4 is 10.2 Å². The van der Waals surface area contributed by atoms with Crippen molar-refractivity contribution in [2.75, 3.05) is 30.0 Å². The Balaban J connectivity index is 1.25. The van der Waals surface area contributed by atoms with E-state index in [4.69, 9.17) is 0 Å². The minimum Gasteiger partial charge on any atom is -0.393 e. The van der Waals surface area contributed by atoms with E-state index in [0.717, 1.165) is 9.77 Å². The molecule has 2 N–H and O–H groups in total. The molecular weight excluding hydrogens is 549 g/mol. The van der Waals surface area contributed by atoms with E-state index >= 15 is 0 Å². The largest absolute Gasteiger partial charge is 0.393 e. The van der Waals surface area contributed by atoms with Crippen LogP contribution in [-0.2, 0) is 16.6 Å². The molecule has 1 saturated heterocycles. The van der Waals surface area contributed by atoms with Gasteiger partial charge in [-0.05, 0) is 31.7 Å². The summed E-state index contributed by atoms with van der Waals surface area (Å²) in [6, 6.07) is 3.58. The van der Waals surface area contributed by atoms with Gasteiger partial charge in [0, 0.05) is 37.7 Å². The second kappa shape index (κ2) is 11.3. The fourth-order valence-corrected chi connectivity index (χ4v) is 6.01. The van der Waals surface area contributed by atoms with Crippen molar-refractivity contribution in [1.29, 1.82) is 0 Å². The molecule has 1 aliphatic heterocycles. The number of piperidine rings is 1. The Labute approximate surface area is 236 Å². The summed E-state index contributed by atoms with van der Waals surface area (Å²) in [4.78, 5) is 15.5. The predicted octanol–water partition coefficient (Wildman–Crippen LogP) is 2.35. The van der Waals surface area contributed by atoms with Gasteiger partial charge in [0.2, 0.25) is 0 Å². The number of halogens is 1. The standard InChI is InChI=1S/C27H28FN9O3S/c28-8-12-36-17-19(14-31-36)1-2-20-15-30-26(13-24(20)35-10-6-22(38)7-11-35)33-25-5-9-29-27(34-25)21-16-32-37(18-21)41(39,40)23-3-4-23/h5,9,13-18,22-23,38H,3-4,6-8,10-12H2,(H,29,30,33,34). The number of aromatic nitrogens is 7. The Morgan fingerprint density at radius 1 is 1.02 bits per heavy atom. The van der Waals surface area contributed by atoms with Crippen LogP contribution in [-0.4, -0.2) is 78.6 Å². The first-order valence-corrected chi connectivity index (χ1v) is 14.8. The second-order valence-corrected chi connectivity index (χ2v) is 12.0. The Morgan fingerprint density at radius 3 is 2.63 bits per heavy atom. The van der Waals surface area contributed by atoms with Crippen molar-refractivity contribution in [3.63, 3.8) is 0 Å². The zero-order valence-electron chi connectivity index (χ0n) is 22.1. The van der Waals surface area contributed by atoms with E-state index in [1.807, 2.05) is 6.07 Å². The van der Waals surface area contributed by atoms with Gasteiger partial charge in [0.15, 0.2) is 5.82 Å². The fraction of sp³-hybridized carbons (Fsp3) is 0.370. The fourth-order valence-electron chi connectivity index (χ4n) is 4.53. The Bertz CT molecular complexity index is 1710. The van der Waals surface area contributed by atoms with Crippen molar-refractivity contribution in [3.8, 4) is 23.2 Å². The van der Waals surface area contributed by atoms with Crippen molar-refractivity contribution in [3.05, 3.63) is 60.4 Å². The van der Waals surface area contributed by atoms with Gasteiger partial charge < -0.3 is 15.3 Å². The summed E-state index contributed by atoms with van der Waals surface area (Å²) in [6.45, 7) is 1.01. The minimum atomic E-state index is -3.49. The minimum absolute atomic E-state index is 0.178. The molecule has 5 heterocycles. The summed E-state index contributed by atoms with van der Waals surface area (Å²) in [5.41, 5.74) is 2.72. The number of pyridine rings is 1. The van der Waals surface area contributed by atoms with Gasteiger partial charge in [-0.15, -0.1) is 0 Å². The van der Waals surface area contributed by atoms with Crippen LogP contribution in [0.5, 0.6) is 0 Å². The molecule has 0 spiro atoms. The van der Waals surface area contributed by atoms with Crippen LogP contribution in [0.4, 0.5) is 21.7 Å². The first-order chi connectivity index (χ1) is 19.9. The molecule has 0 aromatic carbocycles. The molecule has 1 saturated carbocycles. The van der Waals surface area contributed by atoms with E-state index in [1.54, 1.807) is 30.9 Å². The zero-order chi connectivity index (χ0) is 28.4. The quantitative estimate of drug-likeness (QED) is 0.300. The van der Waals surface area contributed by atoms with Crippen molar-refractivity contribution < 1.29 is 17.9 Å². The van der Waals surface area contributed by atoms with E-state index in [0.29, 0.717) is 72.9 Å². The summed E-state index contributed by atoms with van der Waals surface area (Å²) in [6.07, 6.45) is 11.7. The number of aliphatic hydroxyl groups excluding tert-OH is 1. The number of hydrogen-bond donors (Lipinski definition) is 2. The Kier molecular flexibility index (Phi) is 7.38. The van der Waals surface area contributed by atoms with Crippen LogP contribution in [0.15, 0.2) is 49.3 Å². The molecule has 4 aromatic heterocycles. The van der Waals surface area contributed by atoms with Crippen molar-refractivity contribution in [2.24, 2.45) is 0 Å². The first kappa shape index (κ1) is 26.9. The van der Waals surface area contributed by atoms with Gasteiger partial charge >= 0.3 is 0 Å². The van der Waals surface area contributed by atoms with E-state index in [2.05, 4.69) is 47.2 Å². The summed E-state index contributed by atoms with van der Waals surface area (Å²) in [7, 11) is -3.49. The lowest BCUT2D eigenvalue weighted by Crippen LogP contribution is -2.36. The summed E-state index contributed by atoms with van der Waals surface area (Å²) >= 11 is 0. The molecule has 12 nitrogen and oxygen atoms in total. The van der Waals surface area contributed by atoms with Gasteiger partial charge in [-0.25, -0.2) is 27.8 Å². The summed E-state index contributed by atoms with van der Waals surface area (Å²) in [5.74, 6) is 7.58. The van der Waals surface area contributed by atoms with E-state index in [1.165, 1.54) is 17.1 Å². The van der Waals surface area contributed by atoms with Crippen LogP contribution >= 0.6 is 0 Å². The van der Waals surface area contributed by atoms with Crippen LogP contribution in [0.25, 0.3) is 11.4 Å². The van der Waals surface area contributed by atoms with Crippen molar-refractivity contribution >= 4 is 27.3 Å². The number of hydrogen-bond acceptors (Lipinski definition) is 10. The second-order valence-electron chi connectivity index (χ2n) is 9.97. The highest BCUT2D eigenvalue weighted by Gasteiger charge is 2.37. The van der Waals surface area contributed by atoms with Crippen molar-refractivity contribution in [2.45, 2.75) is 43.6 Å². The zero-order valence-corrected chi connectivity index (χ0v) is 22.9. The maximum atomic E-state index is 12.6. The number of nitrogens with one attached hydrogen (secondary N) is 1. The summed E-state index contributed by atoms with van der Waals surface area (Å²) in [5, 5.41) is 21.0. The maximum Gasteiger partial charge on any atom is 0.256 e. The van der Waals surface area contributed by atoms with E-state index in [9.17, 15) is 17.9 Å². The molecule has 212 valence electrons. The highest BCUT2D eigenvalue weighted by Crippen LogP contribution is 2.31. The van der Waals surface area contributed by atoms with Gasteiger partial charge in [0.05, 0.1) is 58.9 Å². The number of rotatable bonds is 8. The van der Waals surface area contributed by atoms with Crippen LogP contribution in [0.3, 0.4) is 0 Å². The first-order valence-electron chi connectivity index (χ1n) is 13.3. The third kappa shape index (κ3) is 6.06. The van der Waals surface area contributed by atoms with Crippen LogP contribution in [0.2, 0.25) is 0 Å².